The van der Waals surface area contributed by atoms with Crippen molar-refractivity contribution < 1.29 is 4.74 Å². The van der Waals surface area contributed by atoms with Crippen LogP contribution in [0.15, 0.2) is 6.07 Å². The van der Waals surface area contributed by atoms with Crippen LogP contribution >= 0.6 is 0 Å². The van der Waals surface area contributed by atoms with Crippen LogP contribution < -0.4 is 10.1 Å². The van der Waals surface area contributed by atoms with Crippen LogP contribution in [-0.2, 0) is 0 Å². The van der Waals surface area contributed by atoms with Crippen LogP contribution in [0.1, 0.15) is 30.5 Å². The first-order chi connectivity index (χ1) is 8.32. The second-order valence-corrected chi connectivity index (χ2v) is 5.39. The molecule has 0 radical (unpaired) electrons. The molecule has 0 aliphatic rings. The van der Waals surface area contributed by atoms with Crippen LogP contribution in [0.5, 0.6) is 5.75 Å². The summed E-state index contributed by atoms with van der Waals surface area (Å²) in [5.41, 5.74) is 4.10. The topological polar surface area (TPSA) is 45.0 Å². The van der Waals surface area contributed by atoms with Gasteiger partial charge in [-0.25, -0.2) is 0 Å². The van der Waals surface area contributed by atoms with E-state index in [0.717, 1.165) is 22.6 Å². The molecule has 1 rings (SSSR count). The molecule has 0 aliphatic heterocycles. The largest absolute Gasteiger partial charge is 0.494 e. The van der Waals surface area contributed by atoms with E-state index in [1.165, 1.54) is 5.56 Å². The number of nitriles is 1. The summed E-state index contributed by atoms with van der Waals surface area (Å²) in [6, 6.07) is 4.43. The van der Waals surface area contributed by atoms with Gasteiger partial charge >= 0.3 is 0 Å². The highest BCUT2D eigenvalue weighted by atomic mass is 16.5. The lowest BCUT2D eigenvalue weighted by molar-refractivity contribution is 0.412. The SMILES string of the molecule is COc1c(C)c(C)cc(C)c1NCC(C)(C)C#N. The second-order valence-electron chi connectivity index (χ2n) is 5.39. The minimum absolute atomic E-state index is 0.393. The average molecular weight is 246 g/mol. The Morgan fingerprint density at radius 3 is 2.39 bits per heavy atom. The Bertz CT molecular complexity index is 484. The van der Waals surface area contributed by atoms with E-state index in [4.69, 9.17) is 10.00 Å². The van der Waals surface area contributed by atoms with E-state index >= 15 is 0 Å². The smallest absolute Gasteiger partial charge is 0.145 e. The summed E-state index contributed by atoms with van der Waals surface area (Å²) >= 11 is 0. The monoisotopic (exact) mass is 246 g/mol. The van der Waals surface area contributed by atoms with Crippen LogP contribution in [0, 0.1) is 37.5 Å². The number of rotatable bonds is 4. The number of benzene rings is 1. The van der Waals surface area contributed by atoms with Crippen LogP contribution in [0.25, 0.3) is 0 Å². The summed E-state index contributed by atoms with van der Waals surface area (Å²) in [4.78, 5) is 0. The Hall–Kier alpha value is -1.69. The summed E-state index contributed by atoms with van der Waals surface area (Å²) in [5.74, 6) is 0.876. The minimum Gasteiger partial charge on any atom is -0.494 e. The van der Waals surface area contributed by atoms with Gasteiger partial charge in [0.2, 0.25) is 0 Å². The fraction of sp³-hybridized carbons (Fsp3) is 0.533. The molecule has 18 heavy (non-hydrogen) atoms. The maximum atomic E-state index is 9.05. The van der Waals surface area contributed by atoms with Gasteiger partial charge in [0, 0.05) is 6.54 Å². The fourth-order valence-electron chi connectivity index (χ4n) is 1.87. The lowest BCUT2D eigenvalue weighted by Crippen LogP contribution is -2.21. The standard InChI is InChI=1S/C15H22N2O/c1-10-7-11(2)13(14(18-6)12(10)3)17-9-15(4,5)8-16/h7,17H,9H2,1-6H3. The molecule has 0 atom stereocenters. The lowest BCUT2D eigenvalue weighted by atomic mass is 9.95. The van der Waals surface area contributed by atoms with Gasteiger partial charge in [-0.3, -0.25) is 0 Å². The highest BCUT2D eigenvalue weighted by Gasteiger charge is 2.19. The summed E-state index contributed by atoms with van der Waals surface area (Å²) in [7, 11) is 1.68. The lowest BCUT2D eigenvalue weighted by Gasteiger charge is -2.22. The van der Waals surface area contributed by atoms with Gasteiger partial charge in [-0.2, -0.15) is 5.26 Å². The molecular formula is C15H22N2O. The molecule has 0 aliphatic carbocycles. The van der Waals surface area contributed by atoms with Crippen LogP contribution in [0.3, 0.4) is 0 Å². The molecule has 1 aromatic carbocycles. The zero-order valence-corrected chi connectivity index (χ0v) is 12.1. The summed E-state index contributed by atoms with van der Waals surface area (Å²) in [6.07, 6.45) is 0. The third-order valence-electron chi connectivity index (χ3n) is 3.20. The molecule has 0 heterocycles. The van der Waals surface area contributed by atoms with Crippen molar-refractivity contribution in [1.82, 2.24) is 0 Å². The molecule has 0 spiro atoms. The molecule has 98 valence electrons. The number of hydrogen-bond acceptors (Lipinski definition) is 3. The van der Waals surface area contributed by atoms with Gasteiger partial charge < -0.3 is 10.1 Å². The van der Waals surface area contributed by atoms with E-state index in [0.29, 0.717) is 6.54 Å². The number of methoxy groups -OCH3 is 1. The zero-order chi connectivity index (χ0) is 13.9. The van der Waals surface area contributed by atoms with Gasteiger partial charge in [-0.05, 0) is 51.3 Å². The molecule has 3 heteroatoms. The highest BCUT2D eigenvalue weighted by molar-refractivity contribution is 5.66. The first kappa shape index (κ1) is 14.4. The van der Waals surface area contributed by atoms with Gasteiger partial charge in [0.15, 0.2) is 0 Å². The van der Waals surface area contributed by atoms with Gasteiger partial charge in [-0.15, -0.1) is 0 Å². The van der Waals surface area contributed by atoms with E-state index < -0.39 is 5.41 Å². The Kier molecular flexibility index (Phi) is 4.24. The van der Waals surface area contributed by atoms with Gasteiger partial charge in [0.05, 0.1) is 24.3 Å². The Morgan fingerprint density at radius 1 is 1.28 bits per heavy atom. The van der Waals surface area contributed by atoms with Crippen molar-refractivity contribution in [2.75, 3.05) is 19.0 Å². The van der Waals surface area contributed by atoms with Crippen molar-refractivity contribution in [3.8, 4) is 11.8 Å². The maximum Gasteiger partial charge on any atom is 0.145 e. The predicted octanol–water partition coefficient (Wildman–Crippen LogP) is 3.58. The molecule has 0 bridgehead atoms. The Balaban J connectivity index is 3.10. The zero-order valence-electron chi connectivity index (χ0n) is 12.1. The Morgan fingerprint density at radius 2 is 1.89 bits per heavy atom. The van der Waals surface area contributed by atoms with Crippen LogP contribution in [0.4, 0.5) is 5.69 Å². The van der Waals surface area contributed by atoms with Crippen molar-refractivity contribution in [1.29, 1.82) is 5.26 Å². The van der Waals surface area contributed by atoms with Crippen molar-refractivity contribution in [2.45, 2.75) is 34.6 Å². The predicted molar refractivity (Wildman–Crippen MR) is 75.1 cm³/mol. The van der Waals surface area contributed by atoms with E-state index in [1.54, 1.807) is 7.11 Å². The number of nitrogens with one attached hydrogen (secondary N) is 1. The number of aryl methyl sites for hydroxylation is 2. The van der Waals surface area contributed by atoms with E-state index in [2.05, 4.69) is 31.3 Å². The molecule has 1 N–H and O–H groups in total. The molecule has 1 aromatic rings. The van der Waals surface area contributed by atoms with Gasteiger partial charge in [0.1, 0.15) is 5.75 Å². The van der Waals surface area contributed by atoms with Gasteiger partial charge in [-0.1, -0.05) is 6.07 Å². The van der Waals surface area contributed by atoms with Crippen molar-refractivity contribution in [3.05, 3.63) is 22.8 Å². The van der Waals surface area contributed by atoms with E-state index in [-0.39, 0.29) is 0 Å². The van der Waals surface area contributed by atoms with Crippen molar-refractivity contribution in [2.24, 2.45) is 5.41 Å². The third kappa shape index (κ3) is 2.95. The van der Waals surface area contributed by atoms with E-state index in [9.17, 15) is 0 Å². The molecule has 0 aromatic heterocycles. The van der Waals surface area contributed by atoms with Gasteiger partial charge in [0.25, 0.3) is 0 Å². The summed E-state index contributed by atoms with van der Waals surface area (Å²) in [6.45, 7) is 10.6. The van der Waals surface area contributed by atoms with Crippen LogP contribution in [0.2, 0.25) is 0 Å². The first-order valence-electron chi connectivity index (χ1n) is 6.12. The number of anilines is 1. The number of nitrogens with zero attached hydrogens (tertiary/aromatic N) is 1. The minimum atomic E-state index is -0.393. The highest BCUT2D eigenvalue weighted by Crippen LogP contribution is 2.34. The molecule has 0 amide bonds. The number of ether oxygens (including phenoxy) is 1. The molecular weight excluding hydrogens is 224 g/mol. The fourth-order valence-corrected chi connectivity index (χ4v) is 1.87. The average Bonchev–Trinajstić information content (AvgIpc) is 2.32. The van der Waals surface area contributed by atoms with Crippen LogP contribution in [-0.4, -0.2) is 13.7 Å². The molecule has 0 fully saturated rings. The molecule has 0 saturated carbocycles. The first-order valence-corrected chi connectivity index (χ1v) is 6.12. The molecule has 0 unspecified atom stereocenters. The number of hydrogen-bond donors (Lipinski definition) is 1. The van der Waals surface area contributed by atoms with E-state index in [1.807, 2.05) is 20.8 Å². The summed E-state index contributed by atoms with van der Waals surface area (Å²) < 4.78 is 5.49. The van der Waals surface area contributed by atoms with Crippen molar-refractivity contribution in [3.63, 3.8) is 0 Å². The maximum absolute atomic E-state index is 9.05. The second kappa shape index (κ2) is 5.30. The van der Waals surface area contributed by atoms with Crippen molar-refractivity contribution >= 4 is 5.69 Å². The summed E-state index contributed by atoms with van der Waals surface area (Å²) in [5, 5.41) is 12.4. The molecule has 0 saturated heterocycles. The third-order valence-corrected chi connectivity index (χ3v) is 3.20. The Labute approximate surface area is 110 Å². The normalized spacial score (nSPS) is 10.9. The quantitative estimate of drug-likeness (QED) is 0.883. The molecule has 3 nitrogen and oxygen atoms in total.